The lowest BCUT2D eigenvalue weighted by atomic mass is 10.3. The lowest BCUT2D eigenvalue weighted by Crippen LogP contribution is -2.57. The predicted molar refractivity (Wildman–Crippen MR) is 70.2 cm³/mol. The van der Waals surface area contributed by atoms with E-state index in [0.29, 0.717) is 13.6 Å². The molecule has 1 N–H and O–H groups in total. The van der Waals surface area contributed by atoms with Gasteiger partial charge in [0.15, 0.2) is 0 Å². The van der Waals surface area contributed by atoms with Crippen LogP contribution in [0.15, 0.2) is 5.10 Å². The molecule has 1 aliphatic rings. The van der Waals surface area contributed by atoms with Crippen molar-refractivity contribution in [3.63, 3.8) is 0 Å². The number of anilines is 1. The average molecular weight is 318 g/mol. The van der Waals surface area contributed by atoms with E-state index in [1.54, 1.807) is 6.92 Å². The van der Waals surface area contributed by atoms with Crippen molar-refractivity contribution in [2.24, 2.45) is 5.10 Å². The molecule has 10 nitrogen and oxygen atoms in total. The van der Waals surface area contributed by atoms with Crippen molar-refractivity contribution in [1.82, 2.24) is 18.8 Å². The number of hydrazone groups is 1. The van der Waals surface area contributed by atoms with Crippen molar-refractivity contribution in [2.75, 3.05) is 19.5 Å². The first kappa shape index (κ1) is 14.3. The van der Waals surface area contributed by atoms with E-state index < -0.39 is 27.7 Å². The van der Waals surface area contributed by atoms with E-state index in [0.717, 1.165) is 14.1 Å². The number of aromatic nitrogens is 2. The molecule has 0 aliphatic carbocycles. The van der Waals surface area contributed by atoms with Crippen molar-refractivity contribution < 1.29 is 18.0 Å². The highest BCUT2D eigenvalue weighted by Crippen LogP contribution is 2.16. The highest BCUT2D eigenvalue weighted by Gasteiger charge is 2.44. The first-order valence-corrected chi connectivity index (χ1v) is 7.41. The minimum absolute atomic E-state index is 0.286. The van der Waals surface area contributed by atoms with Crippen molar-refractivity contribution in [3.8, 4) is 0 Å². The van der Waals surface area contributed by atoms with Gasteiger partial charge in [0.2, 0.25) is 10.8 Å². The van der Waals surface area contributed by atoms with Gasteiger partial charge in [-0.3, -0.25) is 15.0 Å². The maximum absolute atomic E-state index is 11.8. The van der Waals surface area contributed by atoms with Crippen LogP contribution in [-0.2, 0) is 19.8 Å². The normalized spacial score (nSPS) is 18.4. The maximum atomic E-state index is 11.8. The molecule has 0 unspecified atom stereocenters. The molecule has 0 radical (unpaired) electrons. The second-order valence-corrected chi connectivity index (χ2v) is 6.92. The Morgan fingerprint density at radius 3 is 2.15 bits per heavy atom. The van der Waals surface area contributed by atoms with Crippen LogP contribution in [0.3, 0.4) is 0 Å². The number of nitrogens with one attached hydrogen (secondary N) is 1. The second-order valence-electron chi connectivity index (χ2n) is 3.75. The zero-order chi connectivity index (χ0) is 15.1. The minimum atomic E-state index is -4.12. The van der Waals surface area contributed by atoms with Gasteiger partial charge in [-0.25, -0.2) is 8.61 Å². The molecular formula is C8H10N6O4S2. The number of nitrogens with zero attached hydrogens (tertiary/aromatic N) is 5. The summed E-state index contributed by atoms with van der Waals surface area (Å²) in [5, 5.41) is 12.0. The largest absolute Gasteiger partial charge is 0.330 e. The van der Waals surface area contributed by atoms with E-state index in [9.17, 15) is 18.0 Å². The van der Waals surface area contributed by atoms with Gasteiger partial charge >= 0.3 is 10.2 Å². The fourth-order valence-corrected chi connectivity index (χ4v) is 2.82. The number of carbonyl (C=O) groups excluding carboxylic acids is 2. The van der Waals surface area contributed by atoms with E-state index in [4.69, 9.17) is 0 Å². The van der Waals surface area contributed by atoms with Crippen molar-refractivity contribution in [1.29, 1.82) is 0 Å². The SMILES string of the molecule is Cc1nnc(NN=C2C(=O)N(C)S(=O)(=O)N(C)C2=O)s1. The second kappa shape index (κ2) is 4.79. The summed E-state index contributed by atoms with van der Waals surface area (Å²) >= 11 is 1.17. The molecule has 20 heavy (non-hydrogen) atoms. The van der Waals surface area contributed by atoms with Crippen LogP contribution in [0.5, 0.6) is 0 Å². The van der Waals surface area contributed by atoms with E-state index in [1.807, 2.05) is 0 Å². The van der Waals surface area contributed by atoms with Crippen LogP contribution >= 0.6 is 11.3 Å². The quantitative estimate of drug-likeness (QED) is 0.678. The summed E-state index contributed by atoms with van der Waals surface area (Å²) in [5.41, 5.74) is 1.86. The fraction of sp³-hybridized carbons (Fsp3) is 0.375. The summed E-state index contributed by atoms with van der Waals surface area (Å²) in [5.74, 6) is -2.02. The predicted octanol–water partition coefficient (Wildman–Crippen LogP) is -1.21. The monoisotopic (exact) mass is 318 g/mol. The highest BCUT2D eigenvalue weighted by molar-refractivity contribution is 7.88. The van der Waals surface area contributed by atoms with Gasteiger partial charge in [0.25, 0.3) is 11.8 Å². The third-order valence-corrected chi connectivity index (χ3v) is 4.92. The van der Waals surface area contributed by atoms with Crippen LogP contribution in [0, 0.1) is 6.92 Å². The summed E-state index contributed by atoms with van der Waals surface area (Å²) in [6.45, 7) is 1.72. The molecule has 2 heterocycles. The van der Waals surface area contributed by atoms with E-state index >= 15 is 0 Å². The Balaban J connectivity index is 2.32. The molecule has 0 saturated carbocycles. The molecule has 0 spiro atoms. The van der Waals surface area contributed by atoms with Crippen LogP contribution in [0.25, 0.3) is 0 Å². The molecule has 1 aromatic rings. The number of hydrogen-bond donors (Lipinski definition) is 1. The van der Waals surface area contributed by atoms with Crippen LogP contribution < -0.4 is 5.43 Å². The molecule has 1 aromatic heterocycles. The third kappa shape index (κ3) is 2.22. The molecule has 0 aromatic carbocycles. The Bertz CT molecular complexity index is 678. The lowest BCUT2D eigenvalue weighted by Gasteiger charge is -2.29. The molecule has 0 atom stereocenters. The third-order valence-electron chi connectivity index (χ3n) is 2.46. The Labute approximate surface area is 118 Å². The van der Waals surface area contributed by atoms with Gasteiger partial charge in [-0.2, -0.15) is 13.5 Å². The average Bonchev–Trinajstić information content (AvgIpc) is 2.80. The topological polar surface area (TPSA) is 125 Å². The zero-order valence-electron chi connectivity index (χ0n) is 10.7. The minimum Gasteiger partial charge on any atom is -0.266 e. The van der Waals surface area contributed by atoms with Crippen molar-refractivity contribution in [2.45, 2.75) is 6.92 Å². The number of carbonyl (C=O) groups is 2. The smallest absolute Gasteiger partial charge is 0.266 e. The Kier molecular flexibility index (Phi) is 3.43. The highest BCUT2D eigenvalue weighted by atomic mass is 32.2. The molecule has 1 saturated heterocycles. The molecule has 1 fully saturated rings. The summed E-state index contributed by atoms with van der Waals surface area (Å²) in [6.07, 6.45) is 0. The summed E-state index contributed by atoms with van der Waals surface area (Å²) in [4.78, 5) is 23.6. The summed E-state index contributed by atoms with van der Waals surface area (Å²) < 4.78 is 24.2. The first-order valence-electron chi connectivity index (χ1n) is 5.20. The lowest BCUT2D eigenvalue weighted by molar-refractivity contribution is -0.125. The van der Waals surface area contributed by atoms with E-state index in [-0.39, 0.29) is 5.13 Å². The Morgan fingerprint density at radius 1 is 1.15 bits per heavy atom. The van der Waals surface area contributed by atoms with Gasteiger partial charge in [-0.1, -0.05) is 11.3 Å². The molecular weight excluding hydrogens is 308 g/mol. The van der Waals surface area contributed by atoms with Gasteiger partial charge in [-0.15, -0.1) is 10.2 Å². The molecule has 2 rings (SSSR count). The van der Waals surface area contributed by atoms with Crippen molar-refractivity contribution >= 4 is 44.2 Å². The number of rotatable bonds is 2. The molecule has 12 heteroatoms. The van der Waals surface area contributed by atoms with Crippen LogP contribution in [0.4, 0.5) is 5.13 Å². The number of aryl methyl sites for hydroxylation is 1. The maximum Gasteiger partial charge on any atom is 0.330 e. The summed E-state index contributed by atoms with van der Waals surface area (Å²) in [6, 6.07) is 0. The number of hydrogen-bond acceptors (Lipinski definition) is 9. The number of amides is 2. The van der Waals surface area contributed by atoms with E-state index in [2.05, 4.69) is 20.7 Å². The Hall–Kier alpha value is -2.08. The van der Waals surface area contributed by atoms with E-state index in [1.165, 1.54) is 11.3 Å². The van der Waals surface area contributed by atoms with Crippen LogP contribution in [0.1, 0.15) is 5.01 Å². The van der Waals surface area contributed by atoms with Gasteiger partial charge in [0.1, 0.15) is 5.01 Å². The standard InChI is InChI=1S/C8H10N6O4S2/c1-4-9-11-8(19-4)12-10-5-6(15)13(2)20(17,18)14(3)7(5)16/h1-3H3,(H,11,12). The molecule has 0 bridgehead atoms. The Morgan fingerprint density at radius 2 is 1.70 bits per heavy atom. The molecule has 1 aliphatic heterocycles. The summed E-state index contributed by atoms with van der Waals surface area (Å²) in [7, 11) is -2.02. The van der Waals surface area contributed by atoms with Gasteiger partial charge in [-0.05, 0) is 6.92 Å². The van der Waals surface area contributed by atoms with Crippen molar-refractivity contribution in [3.05, 3.63) is 5.01 Å². The zero-order valence-corrected chi connectivity index (χ0v) is 12.3. The fourth-order valence-electron chi connectivity index (χ4n) is 1.32. The van der Waals surface area contributed by atoms with Gasteiger partial charge in [0.05, 0.1) is 0 Å². The molecule has 108 valence electrons. The van der Waals surface area contributed by atoms with Gasteiger partial charge < -0.3 is 0 Å². The van der Waals surface area contributed by atoms with Gasteiger partial charge in [0, 0.05) is 14.1 Å². The first-order chi connectivity index (χ1) is 9.25. The van der Waals surface area contributed by atoms with Crippen LogP contribution in [-0.4, -0.2) is 58.8 Å². The molecule has 2 amide bonds. The van der Waals surface area contributed by atoms with Crippen LogP contribution in [0.2, 0.25) is 0 Å².